The van der Waals surface area contributed by atoms with Gasteiger partial charge in [0.05, 0.1) is 11.8 Å². The highest BCUT2D eigenvalue weighted by molar-refractivity contribution is 5.79. The highest BCUT2D eigenvalue weighted by atomic mass is 16.5. The number of aliphatic imine (C=N–C) groups is 1. The van der Waals surface area contributed by atoms with Crippen LogP contribution in [0.4, 0.5) is 0 Å². The molecule has 6 nitrogen and oxygen atoms in total. The van der Waals surface area contributed by atoms with Crippen LogP contribution in [0.2, 0.25) is 0 Å². The van der Waals surface area contributed by atoms with Gasteiger partial charge in [-0.1, -0.05) is 25.7 Å². The molecule has 1 aromatic rings. The summed E-state index contributed by atoms with van der Waals surface area (Å²) in [6, 6.07) is 2.12. The lowest BCUT2D eigenvalue weighted by Gasteiger charge is -2.15. The van der Waals surface area contributed by atoms with Gasteiger partial charge in [0.2, 0.25) is 0 Å². The Balaban J connectivity index is 1.56. The molecule has 0 saturated heterocycles. The van der Waals surface area contributed by atoms with E-state index < -0.39 is 0 Å². The van der Waals surface area contributed by atoms with Gasteiger partial charge in [0.15, 0.2) is 5.96 Å². The molecule has 28 heavy (non-hydrogen) atoms. The first-order valence-electron chi connectivity index (χ1n) is 11.3. The topological polar surface area (TPSA) is 63.5 Å². The Morgan fingerprint density at radius 2 is 1.93 bits per heavy atom. The van der Waals surface area contributed by atoms with Crippen LogP contribution in [0.1, 0.15) is 76.1 Å². The quantitative estimate of drug-likeness (QED) is 0.259. The SMILES string of the molecule is CCNC(=NCCCn1nc(C)cc1C)NCCCCOC1CCCCCC1. The lowest BCUT2D eigenvalue weighted by atomic mass is 10.1. The first-order valence-corrected chi connectivity index (χ1v) is 11.3. The van der Waals surface area contributed by atoms with E-state index in [4.69, 9.17) is 4.74 Å². The predicted molar refractivity (Wildman–Crippen MR) is 117 cm³/mol. The first-order chi connectivity index (χ1) is 13.7. The second-order valence-electron chi connectivity index (χ2n) is 7.88. The fraction of sp³-hybridized carbons (Fsp3) is 0.818. The Hall–Kier alpha value is -1.56. The molecule has 1 fully saturated rings. The summed E-state index contributed by atoms with van der Waals surface area (Å²) in [5.74, 6) is 0.917. The number of nitrogens with one attached hydrogen (secondary N) is 2. The molecule has 160 valence electrons. The molecule has 0 atom stereocenters. The third-order valence-electron chi connectivity index (χ3n) is 5.26. The summed E-state index contributed by atoms with van der Waals surface area (Å²) in [4.78, 5) is 4.69. The molecular weight excluding hydrogens is 350 g/mol. The van der Waals surface area contributed by atoms with E-state index in [0.717, 1.165) is 63.7 Å². The molecule has 6 heteroatoms. The van der Waals surface area contributed by atoms with Crippen molar-refractivity contribution in [3.05, 3.63) is 17.5 Å². The number of unbranched alkanes of at least 4 members (excludes halogenated alkanes) is 1. The van der Waals surface area contributed by atoms with Crippen molar-refractivity contribution in [2.24, 2.45) is 4.99 Å². The fourth-order valence-corrected chi connectivity index (χ4v) is 3.75. The first kappa shape index (κ1) is 22.7. The summed E-state index contributed by atoms with van der Waals surface area (Å²) in [5, 5.41) is 11.3. The summed E-state index contributed by atoms with van der Waals surface area (Å²) in [7, 11) is 0. The molecule has 2 rings (SSSR count). The summed E-state index contributed by atoms with van der Waals surface area (Å²) < 4.78 is 8.14. The van der Waals surface area contributed by atoms with Gasteiger partial charge >= 0.3 is 0 Å². The molecule has 0 amide bonds. The average molecular weight is 392 g/mol. The van der Waals surface area contributed by atoms with Crippen LogP contribution >= 0.6 is 0 Å². The Bertz CT molecular complexity index is 561. The highest BCUT2D eigenvalue weighted by Gasteiger charge is 2.11. The van der Waals surface area contributed by atoms with Crippen molar-refractivity contribution < 1.29 is 4.74 Å². The van der Waals surface area contributed by atoms with Crippen molar-refractivity contribution in [1.29, 1.82) is 0 Å². The monoisotopic (exact) mass is 391 g/mol. The summed E-state index contributed by atoms with van der Waals surface area (Å²) >= 11 is 0. The lowest BCUT2D eigenvalue weighted by molar-refractivity contribution is 0.0411. The van der Waals surface area contributed by atoms with Crippen molar-refractivity contribution in [2.75, 3.05) is 26.2 Å². The molecule has 1 heterocycles. The zero-order valence-corrected chi connectivity index (χ0v) is 18.3. The maximum atomic E-state index is 6.07. The number of hydrogen-bond acceptors (Lipinski definition) is 3. The highest BCUT2D eigenvalue weighted by Crippen LogP contribution is 2.19. The van der Waals surface area contributed by atoms with Crippen LogP contribution in [-0.4, -0.2) is 48.1 Å². The van der Waals surface area contributed by atoms with Crippen molar-refractivity contribution in [3.8, 4) is 0 Å². The van der Waals surface area contributed by atoms with Crippen LogP contribution in [0.25, 0.3) is 0 Å². The summed E-state index contributed by atoms with van der Waals surface area (Å²) in [6.45, 7) is 10.7. The van der Waals surface area contributed by atoms with Crippen molar-refractivity contribution in [1.82, 2.24) is 20.4 Å². The van der Waals surface area contributed by atoms with Gasteiger partial charge in [-0.15, -0.1) is 0 Å². The maximum Gasteiger partial charge on any atom is 0.191 e. The molecule has 0 aliphatic heterocycles. The van der Waals surface area contributed by atoms with E-state index in [1.807, 2.05) is 6.92 Å². The molecule has 1 saturated carbocycles. The van der Waals surface area contributed by atoms with Gasteiger partial charge in [-0.25, -0.2) is 0 Å². The number of aryl methyl sites for hydroxylation is 3. The van der Waals surface area contributed by atoms with Crippen LogP contribution in [0.3, 0.4) is 0 Å². The third kappa shape index (κ3) is 9.09. The minimum atomic E-state index is 0.511. The standard InChI is InChI=1S/C22H41N5O/c1-4-23-22(25-15-11-16-27-20(3)18-19(2)26-27)24-14-9-10-17-28-21-12-7-5-6-8-13-21/h18,21H,4-17H2,1-3H3,(H2,23,24,25). The average Bonchev–Trinajstić information content (AvgIpc) is 2.86. The van der Waals surface area contributed by atoms with Crippen molar-refractivity contribution >= 4 is 5.96 Å². The Labute approximate surface area is 171 Å². The van der Waals surface area contributed by atoms with Gasteiger partial charge in [0.25, 0.3) is 0 Å². The molecule has 0 unspecified atom stereocenters. The Morgan fingerprint density at radius 1 is 1.14 bits per heavy atom. The number of hydrogen-bond donors (Lipinski definition) is 2. The van der Waals surface area contributed by atoms with Gasteiger partial charge in [-0.2, -0.15) is 5.10 Å². The normalized spacial score (nSPS) is 16.2. The van der Waals surface area contributed by atoms with E-state index >= 15 is 0 Å². The molecular formula is C22H41N5O. The van der Waals surface area contributed by atoms with E-state index in [1.165, 1.54) is 44.2 Å². The molecule has 1 aliphatic rings. The molecule has 2 N–H and O–H groups in total. The maximum absolute atomic E-state index is 6.07. The number of rotatable bonds is 11. The molecule has 0 bridgehead atoms. The van der Waals surface area contributed by atoms with Crippen molar-refractivity contribution in [3.63, 3.8) is 0 Å². The second kappa shape index (κ2) is 13.6. The van der Waals surface area contributed by atoms with Crippen LogP contribution in [0.5, 0.6) is 0 Å². The largest absolute Gasteiger partial charge is 0.378 e. The van der Waals surface area contributed by atoms with Crippen LogP contribution in [0, 0.1) is 13.8 Å². The summed E-state index contributed by atoms with van der Waals surface area (Å²) in [5.41, 5.74) is 2.30. The van der Waals surface area contributed by atoms with Crippen LogP contribution in [0.15, 0.2) is 11.1 Å². The second-order valence-corrected chi connectivity index (χ2v) is 7.88. The Kier molecular flexibility index (Phi) is 11.0. The minimum Gasteiger partial charge on any atom is -0.378 e. The number of nitrogens with zero attached hydrogens (tertiary/aromatic N) is 3. The fourth-order valence-electron chi connectivity index (χ4n) is 3.75. The number of aromatic nitrogens is 2. The summed E-state index contributed by atoms with van der Waals surface area (Å²) in [6.07, 6.45) is 11.7. The van der Waals surface area contributed by atoms with Gasteiger partial charge in [-0.3, -0.25) is 9.67 Å². The predicted octanol–water partition coefficient (Wildman–Crippen LogP) is 3.96. The van der Waals surface area contributed by atoms with Crippen LogP contribution in [-0.2, 0) is 11.3 Å². The number of ether oxygens (including phenoxy) is 1. The molecule has 1 aromatic heterocycles. The van der Waals surface area contributed by atoms with Crippen molar-refractivity contribution in [2.45, 2.75) is 91.2 Å². The van der Waals surface area contributed by atoms with Gasteiger partial charge in [0.1, 0.15) is 0 Å². The zero-order valence-electron chi connectivity index (χ0n) is 18.3. The van der Waals surface area contributed by atoms with E-state index in [2.05, 4.69) is 45.3 Å². The molecule has 0 spiro atoms. The Morgan fingerprint density at radius 3 is 2.61 bits per heavy atom. The molecule has 0 radical (unpaired) electrons. The zero-order chi connectivity index (χ0) is 20.0. The minimum absolute atomic E-state index is 0.511. The van der Waals surface area contributed by atoms with E-state index in [1.54, 1.807) is 0 Å². The van der Waals surface area contributed by atoms with E-state index in [-0.39, 0.29) is 0 Å². The molecule has 0 aromatic carbocycles. The van der Waals surface area contributed by atoms with E-state index in [9.17, 15) is 0 Å². The van der Waals surface area contributed by atoms with Gasteiger partial charge < -0.3 is 15.4 Å². The van der Waals surface area contributed by atoms with E-state index in [0.29, 0.717) is 6.10 Å². The van der Waals surface area contributed by atoms with Crippen LogP contribution < -0.4 is 10.6 Å². The van der Waals surface area contributed by atoms with Gasteiger partial charge in [-0.05, 0) is 58.9 Å². The molecule has 1 aliphatic carbocycles. The number of guanidine groups is 1. The smallest absolute Gasteiger partial charge is 0.191 e. The third-order valence-corrected chi connectivity index (χ3v) is 5.26. The lowest BCUT2D eigenvalue weighted by Crippen LogP contribution is -2.38. The van der Waals surface area contributed by atoms with Gasteiger partial charge in [0, 0.05) is 38.5 Å².